The number of likely N-dealkylation sites (N-methyl/N-ethyl adjacent to an activating group) is 1. The number of fused-ring (bicyclic) bond motifs is 3. The van der Waals surface area contributed by atoms with E-state index < -0.39 is 0 Å². The van der Waals surface area contributed by atoms with E-state index in [9.17, 15) is 4.79 Å². The van der Waals surface area contributed by atoms with Crippen molar-refractivity contribution in [3.8, 4) is 11.5 Å². The maximum absolute atomic E-state index is 12.8. The summed E-state index contributed by atoms with van der Waals surface area (Å²) in [7, 11) is 0. The molecule has 5 nitrogen and oxygen atoms in total. The number of para-hydroxylation sites is 2. The highest BCUT2D eigenvalue weighted by atomic mass is 16.6. The average molecular weight is 344 g/mol. The van der Waals surface area contributed by atoms with E-state index in [1.807, 2.05) is 36.1 Å². The second-order valence-electron chi connectivity index (χ2n) is 7.61. The summed E-state index contributed by atoms with van der Waals surface area (Å²) in [5, 5.41) is 3.65. The number of nitrogens with one attached hydrogen (secondary N) is 1. The number of hydrogen-bond donors (Lipinski definition) is 1. The van der Waals surface area contributed by atoms with Crippen LogP contribution in [0.4, 0.5) is 0 Å². The smallest absolute Gasteiger partial charge is 0.222 e. The van der Waals surface area contributed by atoms with Crippen molar-refractivity contribution in [2.75, 3.05) is 19.7 Å². The van der Waals surface area contributed by atoms with Gasteiger partial charge in [-0.2, -0.15) is 0 Å². The second kappa shape index (κ2) is 7.24. The molecule has 2 fully saturated rings. The lowest BCUT2D eigenvalue weighted by molar-refractivity contribution is -0.133. The molecule has 3 aliphatic rings. The van der Waals surface area contributed by atoms with E-state index in [4.69, 9.17) is 9.47 Å². The molecule has 3 aliphatic heterocycles. The standard InChI is InChI=1S/C20H28N2O3/c1-2-22(12-17-13-24-18-5-3-4-6-19(18)25-17)20(23)11-14-9-15-7-8-16(10-14)21-15/h3-6,14-17,21H,2,7-13H2,1H3. The van der Waals surface area contributed by atoms with Gasteiger partial charge in [-0.15, -0.1) is 0 Å². The summed E-state index contributed by atoms with van der Waals surface area (Å²) in [5.41, 5.74) is 0. The van der Waals surface area contributed by atoms with Gasteiger partial charge >= 0.3 is 0 Å². The third kappa shape index (κ3) is 3.76. The van der Waals surface area contributed by atoms with E-state index in [-0.39, 0.29) is 12.0 Å². The normalized spacial score (nSPS) is 30.1. The van der Waals surface area contributed by atoms with Crippen LogP contribution in [0.5, 0.6) is 11.5 Å². The first-order valence-electron chi connectivity index (χ1n) is 9.63. The Morgan fingerprint density at radius 3 is 2.64 bits per heavy atom. The molecule has 3 unspecified atom stereocenters. The maximum Gasteiger partial charge on any atom is 0.222 e. The second-order valence-corrected chi connectivity index (χ2v) is 7.61. The summed E-state index contributed by atoms with van der Waals surface area (Å²) in [5.74, 6) is 2.36. The van der Waals surface area contributed by atoms with Crippen molar-refractivity contribution in [3.63, 3.8) is 0 Å². The van der Waals surface area contributed by atoms with E-state index >= 15 is 0 Å². The predicted octanol–water partition coefficient (Wildman–Crippen LogP) is 2.60. The largest absolute Gasteiger partial charge is 0.486 e. The number of carbonyl (C=O) groups is 1. The van der Waals surface area contributed by atoms with Crippen LogP contribution in [0.2, 0.25) is 0 Å². The average Bonchev–Trinajstić information content (AvgIpc) is 2.97. The molecule has 0 saturated carbocycles. The van der Waals surface area contributed by atoms with Crippen molar-refractivity contribution in [3.05, 3.63) is 24.3 Å². The van der Waals surface area contributed by atoms with Crippen LogP contribution in [0.1, 0.15) is 39.0 Å². The molecular formula is C20H28N2O3. The Hall–Kier alpha value is -1.75. The van der Waals surface area contributed by atoms with Crippen molar-refractivity contribution in [2.45, 2.75) is 57.2 Å². The van der Waals surface area contributed by atoms with E-state index in [0.29, 0.717) is 37.6 Å². The lowest BCUT2D eigenvalue weighted by Gasteiger charge is -2.33. The molecule has 1 N–H and O–H groups in total. The number of ether oxygens (including phenoxy) is 2. The highest BCUT2D eigenvalue weighted by molar-refractivity contribution is 5.76. The Morgan fingerprint density at radius 1 is 1.20 bits per heavy atom. The fraction of sp³-hybridized carbons (Fsp3) is 0.650. The van der Waals surface area contributed by atoms with Crippen molar-refractivity contribution >= 4 is 5.91 Å². The van der Waals surface area contributed by atoms with Crippen LogP contribution in [0.3, 0.4) is 0 Å². The Balaban J connectivity index is 1.32. The first kappa shape index (κ1) is 16.7. The summed E-state index contributed by atoms with van der Waals surface area (Å²) in [6.07, 6.45) is 5.43. The van der Waals surface area contributed by atoms with Gasteiger partial charge in [-0.25, -0.2) is 0 Å². The summed E-state index contributed by atoms with van der Waals surface area (Å²) in [6.45, 7) is 3.86. The van der Waals surface area contributed by atoms with Gasteiger partial charge in [-0.3, -0.25) is 4.79 Å². The Kier molecular flexibility index (Phi) is 4.84. The van der Waals surface area contributed by atoms with Gasteiger partial charge in [0.1, 0.15) is 6.61 Å². The summed E-state index contributed by atoms with van der Waals surface area (Å²) in [6, 6.07) is 9.00. The van der Waals surface area contributed by atoms with Crippen molar-refractivity contribution < 1.29 is 14.3 Å². The van der Waals surface area contributed by atoms with Crippen LogP contribution < -0.4 is 14.8 Å². The first-order chi connectivity index (χ1) is 12.2. The van der Waals surface area contributed by atoms with Gasteiger partial charge in [0.15, 0.2) is 17.6 Å². The third-order valence-electron chi connectivity index (χ3n) is 5.76. The maximum atomic E-state index is 12.8. The van der Waals surface area contributed by atoms with Crippen molar-refractivity contribution in [2.24, 2.45) is 5.92 Å². The molecule has 0 spiro atoms. The molecule has 136 valence electrons. The Bertz CT molecular complexity index is 609. The van der Waals surface area contributed by atoms with Crippen molar-refractivity contribution in [1.29, 1.82) is 0 Å². The lowest BCUT2D eigenvalue weighted by Crippen LogP contribution is -2.45. The van der Waals surface area contributed by atoms with Gasteiger partial charge in [-0.1, -0.05) is 12.1 Å². The lowest BCUT2D eigenvalue weighted by atomic mass is 9.89. The molecule has 1 aromatic rings. The zero-order valence-corrected chi connectivity index (χ0v) is 14.9. The van der Waals surface area contributed by atoms with Gasteiger partial charge in [0.25, 0.3) is 0 Å². The van der Waals surface area contributed by atoms with Crippen LogP contribution in [0, 0.1) is 5.92 Å². The number of hydrogen-bond acceptors (Lipinski definition) is 4. The molecule has 1 amide bonds. The first-order valence-corrected chi connectivity index (χ1v) is 9.63. The fourth-order valence-corrected chi connectivity index (χ4v) is 4.52. The number of nitrogens with zero attached hydrogens (tertiary/aromatic N) is 1. The van der Waals surface area contributed by atoms with E-state index in [1.165, 1.54) is 12.8 Å². The van der Waals surface area contributed by atoms with E-state index in [0.717, 1.165) is 30.9 Å². The van der Waals surface area contributed by atoms with Crippen LogP contribution in [-0.4, -0.2) is 48.7 Å². The topological polar surface area (TPSA) is 50.8 Å². The highest BCUT2D eigenvalue weighted by Crippen LogP contribution is 2.33. The zero-order valence-electron chi connectivity index (χ0n) is 14.9. The number of carbonyl (C=O) groups excluding carboxylic acids is 1. The molecule has 0 aliphatic carbocycles. The minimum Gasteiger partial charge on any atom is -0.486 e. The predicted molar refractivity (Wildman–Crippen MR) is 95.9 cm³/mol. The minimum absolute atomic E-state index is 0.0944. The molecule has 3 atom stereocenters. The molecular weight excluding hydrogens is 316 g/mol. The van der Waals surface area contributed by atoms with Crippen LogP contribution in [0.15, 0.2) is 24.3 Å². The molecule has 2 bridgehead atoms. The molecule has 4 rings (SSSR count). The van der Waals surface area contributed by atoms with Crippen LogP contribution in [0.25, 0.3) is 0 Å². The van der Waals surface area contributed by atoms with Crippen LogP contribution in [-0.2, 0) is 4.79 Å². The van der Waals surface area contributed by atoms with Gasteiger partial charge in [0.05, 0.1) is 6.54 Å². The van der Waals surface area contributed by atoms with Crippen molar-refractivity contribution in [1.82, 2.24) is 10.2 Å². The number of benzene rings is 1. The summed E-state index contributed by atoms with van der Waals surface area (Å²) < 4.78 is 11.8. The van der Waals surface area contributed by atoms with Gasteiger partial charge < -0.3 is 19.7 Å². The zero-order chi connectivity index (χ0) is 17.2. The minimum atomic E-state index is -0.0944. The molecule has 2 saturated heterocycles. The Labute approximate surface area is 149 Å². The monoisotopic (exact) mass is 344 g/mol. The van der Waals surface area contributed by atoms with Crippen LogP contribution >= 0.6 is 0 Å². The molecule has 5 heteroatoms. The molecule has 0 radical (unpaired) electrons. The number of piperidine rings is 1. The SMILES string of the molecule is CCN(CC1COc2ccccc2O1)C(=O)CC1CC2CCC(C1)N2. The molecule has 1 aromatic carbocycles. The van der Waals surface area contributed by atoms with E-state index in [1.54, 1.807) is 0 Å². The summed E-state index contributed by atoms with van der Waals surface area (Å²) >= 11 is 0. The Morgan fingerprint density at radius 2 is 1.92 bits per heavy atom. The number of rotatable bonds is 5. The fourth-order valence-electron chi connectivity index (χ4n) is 4.52. The van der Waals surface area contributed by atoms with Gasteiger partial charge in [0.2, 0.25) is 5.91 Å². The third-order valence-corrected chi connectivity index (χ3v) is 5.76. The highest BCUT2D eigenvalue weighted by Gasteiger charge is 2.35. The van der Waals surface area contributed by atoms with E-state index in [2.05, 4.69) is 5.32 Å². The molecule has 0 aromatic heterocycles. The van der Waals surface area contributed by atoms with Gasteiger partial charge in [0, 0.05) is 25.0 Å². The molecule has 25 heavy (non-hydrogen) atoms. The van der Waals surface area contributed by atoms with Gasteiger partial charge in [-0.05, 0) is 50.7 Å². The summed E-state index contributed by atoms with van der Waals surface area (Å²) in [4.78, 5) is 14.7. The molecule has 3 heterocycles. The number of amides is 1. The quantitative estimate of drug-likeness (QED) is 0.892.